The van der Waals surface area contributed by atoms with E-state index in [9.17, 15) is 4.79 Å². The lowest BCUT2D eigenvalue weighted by molar-refractivity contribution is 0.0618. The Kier molecular flexibility index (Phi) is 7.63. The average Bonchev–Trinajstić information content (AvgIpc) is 3.28. The van der Waals surface area contributed by atoms with Gasteiger partial charge in [0.05, 0.1) is 12.1 Å². The van der Waals surface area contributed by atoms with Crippen LogP contribution in [-0.2, 0) is 6.54 Å². The van der Waals surface area contributed by atoms with Crippen LogP contribution in [0.1, 0.15) is 47.3 Å². The maximum atomic E-state index is 14.1. The van der Waals surface area contributed by atoms with E-state index in [1.807, 2.05) is 72.7 Å². The fourth-order valence-corrected chi connectivity index (χ4v) is 6.48. The minimum atomic E-state index is -0.00998. The lowest BCUT2D eigenvalue weighted by Gasteiger charge is -2.34. The zero-order valence-corrected chi connectivity index (χ0v) is 23.0. The molecule has 5 rings (SSSR count). The van der Waals surface area contributed by atoms with Crippen molar-refractivity contribution >= 4 is 44.9 Å². The highest BCUT2D eigenvalue weighted by Gasteiger charge is 2.30. The number of nitrogens with zero attached hydrogens (tertiary/aromatic N) is 4. The molecule has 0 saturated heterocycles. The molecule has 6 nitrogen and oxygen atoms in total. The number of hydrogen-bond donors (Lipinski definition) is 0. The van der Waals surface area contributed by atoms with Gasteiger partial charge in [0.1, 0.15) is 10.6 Å². The van der Waals surface area contributed by atoms with E-state index in [2.05, 4.69) is 16.0 Å². The maximum absolute atomic E-state index is 14.1. The second-order valence-corrected chi connectivity index (χ2v) is 11.1. The van der Waals surface area contributed by atoms with E-state index in [4.69, 9.17) is 16.3 Å². The van der Waals surface area contributed by atoms with Gasteiger partial charge >= 0.3 is 0 Å². The summed E-state index contributed by atoms with van der Waals surface area (Å²) in [7, 11) is 5.50. The molecule has 192 valence electrons. The summed E-state index contributed by atoms with van der Waals surface area (Å²) in [5, 5.41) is 1.48. The van der Waals surface area contributed by atoms with E-state index in [-0.39, 0.29) is 11.9 Å². The van der Waals surface area contributed by atoms with Crippen molar-refractivity contribution in [3.63, 3.8) is 0 Å². The summed E-state index contributed by atoms with van der Waals surface area (Å²) in [6.07, 6.45) is 9.11. The topological polar surface area (TPSA) is 58.6 Å². The summed E-state index contributed by atoms with van der Waals surface area (Å²) in [4.78, 5) is 27.5. The third kappa shape index (κ3) is 5.29. The molecule has 2 aromatic heterocycles. The van der Waals surface area contributed by atoms with Crippen molar-refractivity contribution in [3.05, 3.63) is 70.3 Å². The van der Waals surface area contributed by atoms with E-state index >= 15 is 0 Å². The molecule has 1 aliphatic carbocycles. The Balaban J connectivity index is 1.51. The summed E-state index contributed by atoms with van der Waals surface area (Å²) in [6, 6.07) is 14.1. The number of fused-ring (bicyclic) bond motifs is 1. The van der Waals surface area contributed by atoms with Crippen LogP contribution in [0.25, 0.3) is 21.2 Å². The zero-order valence-electron chi connectivity index (χ0n) is 21.4. The van der Waals surface area contributed by atoms with Gasteiger partial charge in [-0.25, -0.2) is 9.97 Å². The van der Waals surface area contributed by atoms with Crippen LogP contribution in [-0.4, -0.2) is 48.0 Å². The lowest BCUT2D eigenvalue weighted by atomic mass is 9.93. The van der Waals surface area contributed by atoms with Crippen LogP contribution in [0.4, 0.5) is 5.95 Å². The number of halogens is 1. The molecular weight excluding hydrogens is 504 g/mol. The van der Waals surface area contributed by atoms with Gasteiger partial charge in [-0.1, -0.05) is 55.1 Å². The number of aromatic nitrogens is 2. The van der Waals surface area contributed by atoms with E-state index in [1.165, 1.54) is 17.8 Å². The largest absolute Gasteiger partial charge is 0.496 e. The minimum Gasteiger partial charge on any atom is -0.496 e. The van der Waals surface area contributed by atoms with Crippen LogP contribution in [0.3, 0.4) is 0 Å². The number of rotatable bonds is 7. The van der Waals surface area contributed by atoms with Gasteiger partial charge in [-0.05, 0) is 36.6 Å². The molecule has 0 aliphatic heterocycles. The minimum absolute atomic E-state index is 0.00998. The molecule has 2 aromatic carbocycles. The third-order valence-electron chi connectivity index (χ3n) is 7.00. The second kappa shape index (κ2) is 11.1. The number of methoxy groups -OCH3 is 1. The van der Waals surface area contributed by atoms with Gasteiger partial charge in [0.2, 0.25) is 5.95 Å². The fourth-order valence-electron chi connectivity index (χ4n) is 5.01. The Morgan fingerprint density at radius 3 is 2.46 bits per heavy atom. The molecule has 0 atom stereocenters. The Morgan fingerprint density at radius 2 is 1.78 bits per heavy atom. The monoisotopic (exact) mass is 534 g/mol. The van der Waals surface area contributed by atoms with Gasteiger partial charge in [0, 0.05) is 60.3 Å². The Morgan fingerprint density at radius 1 is 1.05 bits per heavy atom. The lowest BCUT2D eigenvalue weighted by Crippen LogP contribution is -2.40. The van der Waals surface area contributed by atoms with Crippen LogP contribution < -0.4 is 9.64 Å². The van der Waals surface area contributed by atoms with Crippen LogP contribution in [0, 0.1) is 0 Å². The first-order valence-corrected chi connectivity index (χ1v) is 13.8. The summed E-state index contributed by atoms with van der Waals surface area (Å²) < 4.78 is 6.76. The van der Waals surface area contributed by atoms with Gasteiger partial charge in [-0.15, -0.1) is 11.3 Å². The average molecular weight is 535 g/mol. The number of carbonyl (C=O) groups excluding carboxylic acids is 1. The Labute approximate surface area is 226 Å². The van der Waals surface area contributed by atoms with E-state index in [0.717, 1.165) is 58.2 Å². The van der Waals surface area contributed by atoms with Gasteiger partial charge in [0.25, 0.3) is 5.91 Å². The molecule has 37 heavy (non-hydrogen) atoms. The first kappa shape index (κ1) is 25.5. The summed E-state index contributed by atoms with van der Waals surface area (Å²) >= 11 is 8.23. The molecule has 8 heteroatoms. The van der Waals surface area contributed by atoms with Crippen LogP contribution in [0.15, 0.2) is 54.9 Å². The molecule has 0 N–H and O–H groups in total. The van der Waals surface area contributed by atoms with Gasteiger partial charge in [0.15, 0.2) is 0 Å². The predicted octanol–water partition coefficient (Wildman–Crippen LogP) is 7.06. The van der Waals surface area contributed by atoms with Crippen molar-refractivity contribution in [1.29, 1.82) is 0 Å². The standard InChI is InChI=1S/C29H31ClN4O2S/c1-33(2)29-31-16-21(17-32-29)19-13-14-24(36-3)20(15-19)18-34(22-9-5-4-6-10-22)28(35)27-26(30)23-11-7-8-12-25(23)37-27/h7-8,11-17,22H,4-6,9-10,18H2,1-3H3. The highest BCUT2D eigenvalue weighted by Crippen LogP contribution is 2.38. The first-order chi connectivity index (χ1) is 18.0. The van der Waals surface area contributed by atoms with Crippen molar-refractivity contribution < 1.29 is 9.53 Å². The van der Waals surface area contributed by atoms with E-state index < -0.39 is 0 Å². The molecule has 1 saturated carbocycles. The second-order valence-electron chi connectivity index (χ2n) is 9.66. The molecule has 0 unspecified atom stereocenters. The molecule has 1 fully saturated rings. The summed E-state index contributed by atoms with van der Waals surface area (Å²) in [5.41, 5.74) is 2.85. The number of amides is 1. The molecule has 4 aromatic rings. The van der Waals surface area contributed by atoms with Crippen LogP contribution in [0.2, 0.25) is 5.02 Å². The fraction of sp³-hybridized carbons (Fsp3) is 0.345. The Hall–Kier alpha value is -3.16. The normalized spacial score (nSPS) is 14.1. The van der Waals surface area contributed by atoms with Crippen molar-refractivity contribution in [2.45, 2.75) is 44.7 Å². The Bertz CT molecular complexity index is 1400. The quantitative estimate of drug-likeness (QED) is 0.254. The molecule has 0 spiro atoms. The van der Waals surface area contributed by atoms with E-state index in [1.54, 1.807) is 7.11 Å². The van der Waals surface area contributed by atoms with Crippen molar-refractivity contribution in [2.24, 2.45) is 0 Å². The van der Waals surface area contributed by atoms with Gasteiger partial charge in [-0.2, -0.15) is 0 Å². The van der Waals surface area contributed by atoms with Crippen LogP contribution >= 0.6 is 22.9 Å². The van der Waals surface area contributed by atoms with Crippen molar-refractivity contribution in [1.82, 2.24) is 14.9 Å². The smallest absolute Gasteiger partial charge is 0.266 e. The third-order valence-corrected chi connectivity index (χ3v) is 8.66. The predicted molar refractivity (Wildman–Crippen MR) is 152 cm³/mol. The number of carbonyl (C=O) groups is 1. The summed E-state index contributed by atoms with van der Waals surface area (Å²) in [6.45, 7) is 0.446. The van der Waals surface area contributed by atoms with Gasteiger partial charge in [-0.3, -0.25) is 4.79 Å². The SMILES string of the molecule is COc1ccc(-c2cnc(N(C)C)nc2)cc1CN(C(=O)c1sc2ccccc2c1Cl)C1CCCCC1. The maximum Gasteiger partial charge on any atom is 0.266 e. The first-order valence-electron chi connectivity index (χ1n) is 12.6. The molecular formula is C29H31ClN4O2S. The highest BCUT2D eigenvalue weighted by molar-refractivity contribution is 7.21. The molecule has 1 aliphatic rings. The number of benzene rings is 2. The molecule has 0 radical (unpaired) electrons. The highest BCUT2D eigenvalue weighted by atomic mass is 35.5. The van der Waals surface area contributed by atoms with Crippen LogP contribution in [0.5, 0.6) is 5.75 Å². The molecule has 1 amide bonds. The van der Waals surface area contributed by atoms with Gasteiger partial charge < -0.3 is 14.5 Å². The molecule has 0 bridgehead atoms. The van der Waals surface area contributed by atoms with Crippen molar-refractivity contribution in [2.75, 3.05) is 26.1 Å². The van der Waals surface area contributed by atoms with E-state index in [0.29, 0.717) is 22.4 Å². The number of ether oxygens (including phenoxy) is 1. The summed E-state index contributed by atoms with van der Waals surface area (Å²) in [5.74, 6) is 1.40. The number of anilines is 1. The van der Waals surface area contributed by atoms with Crippen molar-refractivity contribution in [3.8, 4) is 16.9 Å². The number of hydrogen-bond acceptors (Lipinski definition) is 6. The number of thiophene rings is 1. The zero-order chi connectivity index (χ0) is 25.9. The molecule has 2 heterocycles.